The summed E-state index contributed by atoms with van der Waals surface area (Å²) in [6.45, 7) is 5.93. The molecular weight excluding hydrogens is 318 g/mol. The van der Waals surface area contributed by atoms with Gasteiger partial charge in [-0.1, -0.05) is 30.3 Å². The molecule has 1 N–H and O–H groups in total. The number of hydrogen-bond acceptors (Lipinski definition) is 4. The topological polar surface area (TPSA) is 61.9 Å². The molecule has 6 heteroatoms. The van der Waals surface area contributed by atoms with Crippen LogP contribution in [0.25, 0.3) is 0 Å². The fraction of sp³-hybridized carbons (Fsp3) is 0.579. The quantitative estimate of drug-likeness (QED) is 0.865. The average Bonchev–Trinajstić information content (AvgIpc) is 3.20. The minimum Gasteiger partial charge on any atom is -0.368 e. The van der Waals surface area contributed by atoms with Crippen LogP contribution in [0.15, 0.2) is 30.3 Å². The fourth-order valence-electron chi connectivity index (χ4n) is 3.40. The average molecular weight is 345 g/mol. The van der Waals surface area contributed by atoms with Crippen LogP contribution in [-0.2, 0) is 20.9 Å². The molecule has 0 bridgehead atoms. The molecule has 2 saturated heterocycles. The van der Waals surface area contributed by atoms with Crippen molar-refractivity contribution in [2.75, 3.05) is 32.8 Å². The maximum Gasteiger partial charge on any atom is 0.251 e. The van der Waals surface area contributed by atoms with Crippen LogP contribution in [0.5, 0.6) is 0 Å². The van der Waals surface area contributed by atoms with E-state index in [1.807, 2.05) is 42.2 Å². The van der Waals surface area contributed by atoms with Gasteiger partial charge in [-0.05, 0) is 25.3 Å². The first-order valence-electron chi connectivity index (χ1n) is 9.11. The molecule has 25 heavy (non-hydrogen) atoms. The minimum absolute atomic E-state index is 0.0303. The van der Waals surface area contributed by atoms with Crippen molar-refractivity contribution in [1.82, 2.24) is 15.1 Å². The first-order chi connectivity index (χ1) is 12.1. The Kier molecular flexibility index (Phi) is 6.04. The Morgan fingerprint density at radius 2 is 1.92 bits per heavy atom. The monoisotopic (exact) mass is 345 g/mol. The molecule has 0 unspecified atom stereocenters. The summed E-state index contributed by atoms with van der Waals surface area (Å²) in [6.07, 6.45) is 1.55. The molecule has 1 aromatic carbocycles. The Labute approximate surface area is 149 Å². The fourth-order valence-corrected chi connectivity index (χ4v) is 3.40. The van der Waals surface area contributed by atoms with Gasteiger partial charge in [0.15, 0.2) is 0 Å². The molecule has 0 spiro atoms. The van der Waals surface area contributed by atoms with Gasteiger partial charge in [0.2, 0.25) is 5.91 Å². The van der Waals surface area contributed by atoms with Crippen LogP contribution >= 0.6 is 0 Å². The summed E-state index contributed by atoms with van der Waals surface area (Å²) in [5, 5.41) is 2.99. The van der Waals surface area contributed by atoms with Crippen molar-refractivity contribution in [3.8, 4) is 0 Å². The van der Waals surface area contributed by atoms with Crippen LogP contribution in [0.4, 0.5) is 0 Å². The Morgan fingerprint density at radius 1 is 1.20 bits per heavy atom. The summed E-state index contributed by atoms with van der Waals surface area (Å²) in [7, 11) is 0. The van der Waals surface area contributed by atoms with Crippen molar-refractivity contribution in [3.63, 3.8) is 0 Å². The third kappa shape index (κ3) is 4.58. The highest BCUT2D eigenvalue weighted by Gasteiger charge is 2.32. The summed E-state index contributed by atoms with van der Waals surface area (Å²) >= 11 is 0. The number of piperazine rings is 1. The zero-order valence-corrected chi connectivity index (χ0v) is 14.8. The number of benzene rings is 1. The van der Waals surface area contributed by atoms with Crippen molar-refractivity contribution < 1.29 is 14.3 Å². The molecule has 1 aromatic rings. The number of carbonyl (C=O) groups is 2. The Morgan fingerprint density at radius 3 is 2.56 bits per heavy atom. The third-order valence-corrected chi connectivity index (χ3v) is 5.07. The second kappa shape index (κ2) is 8.45. The number of hydrogen-bond donors (Lipinski definition) is 1. The number of nitrogens with zero attached hydrogens (tertiary/aromatic N) is 2. The second-order valence-electron chi connectivity index (χ2n) is 6.74. The third-order valence-electron chi connectivity index (χ3n) is 5.07. The van der Waals surface area contributed by atoms with Crippen LogP contribution in [0.3, 0.4) is 0 Å². The molecule has 2 amide bonds. The van der Waals surface area contributed by atoms with Gasteiger partial charge >= 0.3 is 0 Å². The van der Waals surface area contributed by atoms with E-state index < -0.39 is 0 Å². The van der Waals surface area contributed by atoms with E-state index in [-0.39, 0.29) is 24.0 Å². The first-order valence-corrected chi connectivity index (χ1v) is 9.11. The van der Waals surface area contributed by atoms with Gasteiger partial charge in [-0.3, -0.25) is 14.5 Å². The summed E-state index contributed by atoms with van der Waals surface area (Å²) in [5.74, 6) is 0.140. The molecule has 0 aromatic heterocycles. The lowest BCUT2D eigenvalue weighted by Gasteiger charge is -2.38. The molecule has 6 nitrogen and oxygen atoms in total. The van der Waals surface area contributed by atoms with Gasteiger partial charge in [0, 0.05) is 39.3 Å². The van der Waals surface area contributed by atoms with Crippen LogP contribution in [-0.4, -0.2) is 66.5 Å². The Hall–Kier alpha value is -1.92. The summed E-state index contributed by atoms with van der Waals surface area (Å²) in [5.41, 5.74) is 1.09. The van der Waals surface area contributed by atoms with Crippen LogP contribution in [0.2, 0.25) is 0 Å². The summed E-state index contributed by atoms with van der Waals surface area (Å²) in [4.78, 5) is 28.8. The molecule has 2 fully saturated rings. The van der Waals surface area contributed by atoms with E-state index in [2.05, 4.69) is 10.2 Å². The predicted molar refractivity (Wildman–Crippen MR) is 94.9 cm³/mol. The molecule has 2 aliphatic rings. The number of amides is 2. The first kappa shape index (κ1) is 17.9. The zero-order valence-electron chi connectivity index (χ0n) is 14.8. The van der Waals surface area contributed by atoms with E-state index in [0.717, 1.165) is 31.5 Å². The SMILES string of the molecule is C[C@@H](C(=O)NCc1ccccc1)N1CCN(C(=O)[C@@H]2CCCO2)CC1. The standard InChI is InChI=1S/C19H27N3O3/c1-15(18(23)20-14-16-6-3-2-4-7-16)21-9-11-22(12-10-21)19(24)17-8-5-13-25-17/h2-4,6-7,15,17H,5,8-14H2,1H3,(H,20,23)/t15-,17-/m0/s1. The van der Waals surface area contributed by atoms with Gasteiger partial charge in [0.1, 0.15) is 6.10 Å². The van der Waals surface area contributed by atoms with E-state index in [4.69, 9.17) is 4.74 Å². The van der Waals surface area contributed by atoms with E-state index in [1.165, 1.54) is 0 Å². The van der Waals surface area contributed by atoms with Gasteiger partial charge in [-0.15, -0.1) is 0 Å². The molecular formula is C19H27N3O3. The number of rotatable bonds is 5. The van der Waals surface area contributed by atoms with Crippen LogP contribution < -0.4 is 5.32 Å². The van der Waals surface area contributed by atoms with Gasteiger partial charge < -0.3 is 15.0 Å². The van der Waals surface area contributed by atoms with Crippen LogP contribution in [0.1, 0.15) is 25.3 Å². The summed E-state index contributed by atoms with van der Waals surface area (Å²) in [6, 6.07) is 9.71. The molecule has 2 atom stereocenters. The zero-order chi connectivity index (χ0) is 17.6. The molecule has 0 aliphatic carbocycles. The highest BCUT2D eigenvalue weighted by molar-refractivity contribution is 5.82. The lowest BCUT2D eigenvalue weighted by Crippen LogP contribution is -2.56. The lowest BCUT2D eigenvalue weighted by atomic mass is 10.1. The van der Waals surface area contributed by atoms with Crippen molar-refractivity contribution >= 4 is 11.8 Å². The van der Waals surface area contributed by atoms with E-state index in [9.17, 15) is 9.59 Å². The molecule has 136 valence electrons. The second-order valence-corrected chi connectivity index (χ2v) is 6.74. The summed E-state index contributed by atoms with van der Waals surface area (Å²) < 4.78 is 5.49. The van der Waals surface area contributed by atoms with Gasteiger partial charge in [0.25, 0.3) is 5.91 Å². The van der Waals surface area contributed by atoms with Gasteiger partial charge in [-0.25, -0.2) is 0 Å². The minimum atomic E-state index is -0.252. The van der Waals surface area contributed by atoms with Crippen molar-refractivity contribution in [2.24, 2.45) is 0 Å². The molecule has 2 aliphatic heterocycles. The van der Waals surface area contributed by atoms with E-state index in [0.29, 0.717) is 26.2 Å². The molecule has 3 rings (SSSR count). The molecule has 0 saturated carbocycles. The highest BCUT2D eigenvalue weighted by atomic mass is 16.5. The Balaban J connectivity index is 1.43. The highest BCUT2D eigenvalue weighted by Crippen LogP contribution is 2.16. The predicted octanol–water partition coefficient (Wildman–Crippen LogP) is 1.01. The number of nitrogens with one attached hydrogen (secondary N) is 1. The van der Waals surface area contributed by atoms with Gasteiger partial charge in [-0.2, -0.15) is 0 Å². The smallest absolute Gasteiger partial charge is 0.251 e. The lowest BCUT2D eigenvalue weighted by molar-refractivity contribution is -0.143. The normalized spacial score (nSPS) is 22.6. The molecule has 0 radical (unpaired) electrons. The number of ether oxygens (including phenoxy) is 1. The van der Waals surface area contributed by atoms with Crippen LogP contribution in [0, 0.1) is 0 Å². The van der Waals surface area contributed by atoms with Crippen molar-refractivity contribution in [3.05, 3.63) is 35.9 Å². The van der Waals surface area contributed by atoms with Gasteiger partial charge in [0.05, 0.1) is 6.04 Å². The largest absolute Gasteiger partial charge is 0.368 e. The van der Waals surface area contributed by atoms with E-state index in [1.54, 1.807) is 0 Å². The Bertz CT molecular complexity index is 579. The maximum atomic E-state index is 12.4. The maximum absolute atomic E-state index is 12.4. The molecule has 2 heterocycles. The van der Waals surface area contributed by atoms with E-state index >= 15 is 0 Å². The van der Waals surface area contributed by atoms with Crippen molar-refractivity contribution in [1.29, 1.82) is 0 Å². The van der Waals surface area contributed by atoms with Crippen molar-refractivity contribution in [2.45, 2.75) is 38.5 Å². The number of carbonyl (C=O) groups excluding carboxylic acids is 2.